The molecule has 0 aliphatic carbocycles. The number of aryl methyl sites for hydroxylation is 2. The van der Waals surface area contributed by atoms with E-state index in [2.05, 4.69) is 5.32 Å². The van der Waals surface area contributed by atoms with Crippen LogP contribution in [0.5, 0.6) is 0 Å². The number of ether oxygens (including phenoxy) is 1. The van der Waals surface area contributed by atoms with Crippen molar-refractivity contribution < 1.29 is 18.7 Å². The molecule has 0 fully saturated rings. The average molecular weight is 377 g/mol. The first kappa shape index (κ1) is 19.3. The molecular weight excluding hydrogens is 357 g/mol. The first-order valence-electron chi connectivity index (χ1n) is 8.83. The second-order valence-corrected chi connectivity index (χ2v) is 6.51. The molecule has 0 unspecified atom stereocenters. The molecule has 0 aliphatic heterocycles. The molecule has 3 rings (SSSR count). The second kappa shape index (κ2) is 8.48. The molecule has 0 aromatic heterocycles. The SMILES string of the molecule is Cc1ccc(C(=O)O[C@@H](C(=O)Nc2ccc(F)cc2)c2ccccc2)c(C)c1. The number of halogens is 1. The lowest BCUT2D eigenvalue weighted by atomic mass is 10.1. The van der Waals surface area contributed by atoms with Gasteiger partial charge in [-0.25, -0.2) is 9.18 Å². The highest BCUT2D eigenvalue weighted by Gasteiger charge is 2.26. The van der Waals surface area contributed by atoms with Gasteiger partial charge in [-0.1, -0.05) is 48.0 Å². The van der Waals surface area contributed by atoms with Gasteiger partial charge in [-0.3, -0.25) is 4.79 Å². The van der Waals surface area contributed by atoms with E-state index in [4.69, 9.17) is 4.74 Å². The van der Waals surface area contributed by atoms with E-state index in [9.17, 15) is 14.0 Å². The van der Waals surface area contributed by atoms with Gasteiger partial charge in [-0.15, -0.1) is 0 Å². The number of esters is 1. The Labute approximate surface area is 163 Å². The third kappa shape index (κ3) is 4.62. The molecule has 4 nitrogen and oxygen atoms in total. The number of hydrogen-bond donors (Lipinski definition) is 1. The predicted octanol–water partition coefficient (Wildman–Crippen LogP) is 4.98. The first-order chi connectivity index (χ1) is 13.4. The number of rotatable bonds is 5. The van der Waals surface area contributed by atoms with Crippen molar-refractivity contribution in [2.75, 3.05) is 5.32 Å². The first-order valence-corrected chi connectivity index (χ1v) is 8.83. The summed E-state index contributed by atoms with van der Waals surface area (Å²) in [7, 11) is 0. The van der Waals surface area contributed by atoms with Crippen molar-refractivity contribution in [3.8, 4) is 0 Å². The topological polar surface area (TPSA) is 55.4 Å². The Bertz CT molecular complexity index is 984. The minimum atomic E-state index is -1.14. The van der Waals surface area contributed by atoms with E-state index >= 15 is 0 Å². The van der Waals surface area contributed by atoms with Crippen LogP contribution in [0.1, 0.15) is 33.2 Å². The number of anilines is 1. The van der Waals surface area contributed by atoms with E-state index in [-0.39, 0.29) is 0 Å². The monoisotopic (exact) mass is 377 g/mol. The van der Waals surface area contributed by atoms with Crippen LogP contribution in [0.2, 0.25) is 0 Å². The number of carbonyl (C=O) groups is 2. The fraction of sp³-hybridized carbons (Fsp3) is 0.130. The van der Waals surface area contributed by atoms with Gasteiger partial charge in [0.1, 0.15) is 5.82 Å². The number of nitrogens with one attached hydrogen (secondary N) is 1. The second-order valence-electron chi connectivity index (χ2n) is 6.51. The molecule has 3 aromatic rings. The lowest BCUT2D eigenvalue weighted by molar-refractivity contribution is -0.125. The molecule has 3 aromatic carbocycles. The van der Waals surface area contributed by atoms with Gasteiger partial charge in [0.05, 0.1) is 5.56 Å². The zero-order chi connectivity index (χ0) is 20.1. The quantitative estimate of drug-likeness (QED) is 0.638. The maximum atomic E-state index is 13.1. The van der Waals surface area contributed by atoms with Gasteiger partial charge >= 0.3 is 5.97 Å². The minimum absolute atomic E-state index is 0.404. The number of benzene rings is 3. The van der Waals surface area contributed by atoms with Gasteiger partial charge < -0.3 is 10.1 Å². The molecule has 0 heterocycles. The smallest absolute Gasteiger partial charge is 0.339 e. The van der Waals surface area contributed by atoms with E-state index in [1.165, 1.54) is 24.3 Å². The Morgan fingerprint density at radius 3 is 2.25 bits per heavy atom. The molecule has 0 aliphatic rings. The highest BCUT2D eigenvalue weighted by molar-refractivity contribution is 5.98. The summed E-state index contributed by atoms with van der Waals surface area (Å²) in [5.41, 5.74) is 3.16. The standard InChI is InChI=1S/C23H20FNO3/c1-15-8-13-20(16(2)14-15)23(27)28-21(17-6-4-3-5-7-17)22(26)25-19-11-9-18(24)10-12-19/h3-14,21H,1-2H3,(H,25,26)/t21-/m1/s1. The summed E-state index contributed by atoms with van der Waals surface area (Å²) in [4.78, 5) is 25.5. The van der Waals surface area contributed by atoms with Crippen molar-refractivity contribution >= 4 is 17.6 Å². The number of amides is 1. The number of hydrogen-bond acceptors (Lipinski definition) is 3. The van der Waals surface area contributed by atoms with Crippen molar-refractivity contribution in [2.45, 2.75) is 20.0 Å². The van der Waals surface area contributed by atoms with Crippen LogP contribution in [0.4, 0.5) is 10.1 Å². The Kier molecular flexibility index (Phi) is 5.84. The fourth-order valence-corrected chi connectivity index (χ4v) is 2.85. The molecular formula is C23H20FNO3. The summed E-state index contributed by atoms with van der Waals surface area (Å²) < 4.78 is 18.7. The van der Waals surface area contributed by atoms with Gasteiger partial charge in [0.25, 0.3) is 5.91 Å². The third-order valence-electron chi connectivity index (χ3n) is 4.28. The van der Waals surface area contributed by atoms with E-state index in [1.807, 2.05) is 32.0 Å². The highest BCUT2D eigenvalue weighted by Crippen LogP contribution is 2.23. The molecule has 5 heteroatoms. The molecule has 1 N–H and O–H groups in total. The summed E-state index contributed by atoms with van der Waals surface area (Å²) in [6, 6.07) is 19.5. The summed E-state index contributed by atoms with van der Waals surface area (Å²) >= 11 is 0. The summed E-state index contributed by atoms with van der Waals surface area (Å²) in [6.45, 7) is 3.75. The van der Waals surface area contributed by atoms with Crippen molar-refractivity contribution in [1.29, 1.82) is 0 Å². The molecule has 1 amide bonds. The average Bonchev–Trinajstić information content (AvgIpc) is 2.68. The molecule has 0 saturated heterocycles. The predicted molar refractivity (Wildman–Crippen MR) is 106 cm³/mol. The third-order valence-corrected chi connectivity index (χ3v) is 4.28. The van der Waals surface area contributed by atoms with Crippen LogP contribution in [0.25, 0.3) is 0 Å². The van der Waals surface area contributed by atoms with Gasteiger partial charge in [0.2, 0.25) is 6.10 Å². The Morgan fingerprint density at radius 2 is 1.61 bits per heavy atom. The van der Waals surface area contributed by atoms with E-state index in [0.717, 1.165) is 11.1 Å². The zero-order valence-electron chi connectivity index (χ0n) is 15.6. The van der Waals surface area contributed by atoms with Crippen LogP contribution in [0.15, 0.2) is 72.8 Å². The van der Waals surface area contributed by atoms with Crippen molar-refractivity contribution in [3.63, 3.8) is 0 Å². The largest absolute Gasteiger partial charge is 0.444 e. The van der Waals surface area contributed by atoms with Crippen LogP contribution in [-0.4, -0.2) is 11.9 Å². The molecule has 0 bridgehead atoms. The molecule has 1 atom stereocenters. The maximum Gasteiger partial charge on any atom is 0.339 e. The van der Waals surface area contributed by atoms with E-state index < -0.39 is 23.8 Å². The normalized spacial score (nSPS) is 11.5. The lowest BCUT2D eigenvalue weighted by Gasteiger charge is -2.19. The molecule has 0 spiro atoms. The summed E-state index contributed by atoms with van der Waals surface area (Å²) in [5.74, 6) is -1.50. The minimum Gasteiger partial charge on any atom is -0.444 e. The Hall–Kier alpha value is -3.47. The molecule has 142 valence electrons. The van der Waals surface area contributed by atoms with Gasteiger partial charge in [-0.2, -0.15) is 0 Å². The van der Waals surface area contributed by atoms with Gasteiger partial charge in [0.15, 0.2) is 0 Å². The zero-order valence-corrected chi connectivity index (χ0v) is 15.6. The van der Waals surface area contributed by atoms with Crippen LogP contribution in [-0.2, 0) is 9.53 Å². The Balaban J connectivity index is 1.85. The Morgan fingerprint density at radius 1 is 0.929 bits per heavy atom. The fourth-order valence-electron chi connectivity index (χ4n) is 2.85. The van der Waals surface area contributed by atoms with Crippen LogP contribution in [0.3, 0.4) is 0 Å². The lowest BCUT2D eigenvalue weighted by Crippen LogP contribution is -2.26. The van der Waals surface area contributed by atoms with E-state index in [0.29, 0.717) is 16.8 Å². The van der Waals surface area contributed by atoms with E-state index in [1.54, 1.807) is 30.3 Å². The van der Waals surface area contributed by atoms with Crippen LogP contribution < -0.4 is 5.32 Å². The van der Waals surface area contributed by atoms with Gasteiger partial charge in [-0.05, 0) is 49.7 Å². The molecule has 28 heavy (non-hydrogen) atoms. The summed E-state index contributed by atoms with van der Waals surface area (Å²) in [5, 5.41) is 2.67. The maximum absolute atomic E-state index is 13.1. The van der Waals surface area contributed by atoms with Crippen molar-refractivity contribution in [3.05, 3.63) is 101 Å². The molecule has 0 radical (unpaired) electrons. The van der Waals surface area contributed by atoms with Crippen molar-refractivity contribution in [1.82, 2.24) is 0 Å². The van der Waals surface area contributed by atoms with Crippen LogP contribution in [0, 0.1) is 19.7 Å². The number of carbonyl (C=O) groups excluding carboxylic acids is 2. The summed E-state index contributed by atoms with van der Waals surface area (Å²) in [6.07, 6.45) is -1.14. The molecule has 0 saturated carbocycles. The highest BCUT2D eigenvalue weighted by atomic mass is 19.1. The van der Waals surface area contributed by atoms with Crippen molar-refractivity contribution in [2.24, 2.45) is 0 Å². The van der Waals surface area contributed by atoms with Gasteiger partial charge in [0, 0.05) is 11.3 Å². The van der Waals surface area contributed by atoms with Crippen LogP contribution >= 0.6 is 0 Å².